The minimum Gasteiger partial charge on any atom is -0.371 e. The molecular weight excluding hydrogens is 215 g/mol. The maximum atomic E-state index is 12.9. The van der Waals surface area contributed by atoms with Gasteiger partial charge in [-0.25, -0.2) is 0 Å². The molecular formula is C12H14F3N. The van der Waals surface area contributed by atoms with Crippen LogP contribution >= 0.6 is 0 Å². The van der Waals surface area contributed by atoms with Gasteiger partial charge in [0.05, 0.1) is 5.56 Å². The van der Waals surface area contributed by atoms with Gasteiger partial charge in [-0.05, 0) is 31.9 Å². The lowest BCUT2D eigenvalue weighted by molar-refractivity contribution is -0.137. The lowest BCUT2D eigenvalue weighted by atomic mass is 10.1. The van der Waals surface area contributed by atoms with E-state index in [0.29, 0.717) is 11.3 Å². The topological polar surface area (TPSA) is 3.24 Å². The average molecular weight is 229 g/mol. The minimum atomic E-state index is -4.26. The third kappa shape index (κ3) is 2.15. The Hall–Kier alpha value is -1.19. The highest BCUT2D eigenvalue weighted by molar-refractivity contribution is 5.56. The Morgan fingerprint density at radius 3 is 2.31 bits per heavy atom. The van der Waals surface area contributed by atoms with E-state index in [1.807, 2.05) is 4.90 Å². The maximum Gasteiger partial charge on any atom is 0.418 e. The molecule has 0 radical (unpaired) electrons. The molecule has 1 aliphatic rings. The van der Waals surface area contributed by atoms with Crippen LogP contribution in [0.15, 0.2) is 18.2 Å². The van der Waals surface area contributed by atoms with Gasteiger partial charge in [0.1, 0.15) is 0 Å². The Bertz CT molecular complexity index is 378. The molecule has 0 atom stereocenters. The molecule has 0 saturated carbocycles. The van der Waals surface area contributed by atoms with Crippen molar-refractivity contribution in [3.63, 3.8) is 0 Å². The molecule has 0 unspecified atom stereocenters. The summed E-state index contributed by atoms with van der Waals surface area (Å²) in [6.07, 6.45) is -2.31. The van der Waals surface area contributed by atoms with Crippen LogP contribution in [-0.2, 0) is 6.18 Å². The van der Waals surface area contributed by atoms with E-state index in [2.05, 4.69) is 0 Å². The zero-order valence-corrected chi connectivity index (χ0v) is 9.14. The van der Waals surface area contributed by atoms with Crippen LogP contribution in [0.3, 0.4) is 0 Å². The molecule has 0 aliphatic carbocycles. The van der Waals surface area contributed by atoms with Gasteiger partial charge in [0.25, 0.3) is 0 Å². The van der Waals surface area contributed by atoms with Crippen LogP contribution in [-0.4, -0.2) is 13.1 Å². The third-order valence-corrected chi connectivity index (χ3v) is 2.90. The number of hydrogen-bond donors (Lipinski definition) is 0. The molecule has 1 saturated heterocycles. The first kappa shape index (κ1) is 11.3. The smallest absolute Gasteiger partial charge is 0.371 e. The fourth-order valence-electron chi connectivity index (χ4n) is 2.11. The predicted octanol–water partition coefficient (Wildman–Crippen LogP) is 3.61. The highest BCUT2D eigenvalue weighted by Crippen LogP contribution is 2.38. The van der Waals surface area contributed by atoms with Gasteiger partial charge >= 0.3 is 6.18 Å². The standard InChI is InChI=1S/C12H14F3N/c1-9-4-5-11(16-6-2-3-7-16)10(8-9)12(13,14)15/h4-5,8H,2-3,6-7H2,1H3. The lowest BCUT2D eigenvalue weighted by Crippen LogP contribution is -2.22. The highest BCUT2D eigenvalue weighted by atomic mass is 19.4. The van der Waals surface area contributed by atoms with Crippen molar-refractivity contribution in [3.05, 3.63) is 29.3 Å². The van der Waals surface area contributed by atoms with Crippen molar-refractivity contribution in [1.82, 2.24) is 0 Å². The second kappa shape index (κ2) is 4.00. The first-order valence-corrected chi connectivity index (χ1v) is 5.41. The van der Waals surface area contributed by atoms with Crippen LogP contribution in [0.25, 0.3) is 0 Å². The molecule has 0 N–H and O–H groups in total. The monoisotopic (exact) mass is 229 g/mol. The zero-order valence-electron chi connectivity index (χ0n) is 9.14. The number of hydrogen-bond acceptors (Lipinski definition) is 1. The van der Waals surface area contributed by atoms with Crippen molar-refractivity contribution in [1.29, 1.82) is 0 Å². The third-order valence-electron chi connectivity index (χ3n) is 2.90. The average Bonchev–Trinajstić information content (AvgIpc) is 2.69. The van der Waals surface area contributed by atoms with Crippen molar-refractivity contribution < 1.29 is 13.2 Å². The molecule has 1 aliphatic heterocycles. The molecule has 4 heteroatoms. The summed E-state index contributed by atoms with van der Waals surface area (Å²) in [5, 5.41) is 0. The fraction of sp³-hybridized carbons (Fsp3) is 0.500. The predicted molar refractivity (Wildman–Crippen MR) is 57.6 cm³/mol. The number of halogens is 3. The SMILES string of the molecule is Cc1ccc(N2CCCC2)c(C(F)(F)F)c1. The van der Waals surface area contributed by atoms with Crippen LogP contribution in [0.5, 0.6) is 0 Å². The molecule has 0 amide bonds. The van der Waals surface area contributed by atoms with Gasteiger partial charge in [-0.3, -0.25) is 0 Å². The molecule has 1 fully saturated rings. The molecule has 1 aromatic carbocycles. The summed E-state index contributed by atoms with van der Waals surface area (Å²) in [6, 6.07) is 4.56. The Labute approximate surface area is 92.9 Å². The van der Waals surface area contributed by atoms with Gasteiger partial charge < -0.3 is 4.90 Å². The molecule has 0 aromatic heterocycles. The van der Waals surface area contributed by atoms with Gasteiger partial charge in [0, 0.05) is 18.8 Å². The Balaban J connectivity index is 2.43. The molecule has 2 rings (SSSR count). The van der Waals surface area contributed by atoms with Crippen molar-refractivity contribution in [2.75, 3.05) is 18.0 Å². The molecule has 1 nitrogen and oxygen atoms in total. The normalized spacial score (nSPS) is 16.9. The van der Waals surface area contributed by atoms with E-state index in [1.54, 1.807) is 19.1 Å². The first-order chi connectivity index (χ1) is 7.48. The number of benzene rings is 1. The second-order valence-electron chi connectivity index (χ2n) is 4.21. The van der Waals surface area contributed by atoms with E-state index in [4.69, 9.17) is 0 Å². The van der Waals surface area contributed by atoms with Crippen LogP contribution in [0.2, 0.25) is 0 Å². The van der Waals surface area contributed by atoms with Gasteiger partial charge in [-0.1, -0.05) is 11.6 Å². The number of aryl methyl sites for hydroxylation is 1. The second-order valence-corrected chi connectivity index (χ2v) is 4.21. The molecule has 0 bridgehead atoms. The quantitative estimate of drug-likeness (QED) is 0.711. The molecule has 1 aromatic rings. The van der Waals surface area contributed by atoms with Gasteiger partial charge in [0.15, 0.2) is 0 Å². The Kier molecular flexibility index (Phi) is 2.82. The van der Waals surface area contributed by atoms with E-state index in [1.165, 1.54) is 6.07 Å². The number of rotatable bonds is 1. The van der Waals surface area contributed by atoms with Crippen LogP contribution in [0, 0.1) is 6.92 Å². The minimum absolute atomic E-state index is 0.329. The molecule has 0 spiro atoms. The Morgan fingerprint density at radius 1 is 1.12 bits per heavy atom. The van der Waals surface area contributed by atoms with Crippen molar-refractivity contribution >= 4 is 5.69 Å². The summed E-state index contributed by atoms with van der Waals surface area (Å²) in [7, 11) is 0. The van der Waals surface area contributed by atoms with Gasteiger partial charge in [0.2, 0.25) is 0 Å². The number of nitrogens with zero attached hydrogens (tertiary/aromatic N) is 1. The maximum absolute atomic E-state index is 12.9. The van der Waals surface area contributed by atoms with Crippen molar-refractivity contribution in [2.45, 2.75) is 25.9 Å². The van der Waals surface area contributed by atoms with E-state index >= 15 is 0 Å². The van der Waals surface area contributed by atoms with E-state index in [9.17, 15) is 13.2 Å². The number of alkyl halides is 3. The first-order valence-electron chi connectivity index (χ1n) is 5.41. The molecule has 16 heavy (non-hydrogen) atoms. The van der Waals surface area contributed by atoms with Crippen LogP contribution in [0.1, 0.15) is 24.0 Å². The molecule has 88 valence electrons. The zero-order chi connectivity index (χ0) is 11.8. The fourth-order valence-corrected chi connectivity index (χ4v) is 2.11. The van der Waals surface area contributed by atoms with Gasteiger partial charge in [-0.2, -0.15) is 13.2 Å². The summed E-state index contributed by atoms with van der Waals surface area (Å²) in [6.45, 7) is 3.14. The number of anilines is 1. The van der Waals surface area contributed by atoms with Crippen LogP contribution < -0.4 is 4.90 Å². The summed E-state index contributed by atoms with van der Waals surface area (Å²) in [5.74, 6) is 0. The molecule has 1 heterocycles. The van der Waals surface area contributed by atoms with E-state index in [-0.39, 0.29) is 0 Å². The largest absolute Gasteiger partial charge is 0.418 e. The summed E-state index contributed by atoms with van der Waals surface area (Å²) in [4.78, 5) is 1.82. The van der Waals surface area contributed by atoms with E-state index in [0.717, 1.165) is 25.9 Å². The van der Waals surface area contributed by atoms with Crippen LogP contribution in [0.4, 0.5) is 18.9 Å². The highest BCUT2D eigenvalue weighted by Gasteiger charge is 2.35. The van der Waals surface area contributed by atoms with Crippen molar-refractivity contribution in [3.8, 4) is 0 Å². The summed E-state index contributed by atoms with van der Waals surface area (Å²) >= 11 is 0. The van der Waals surface area contributed by atoms with E-state index < -0.39 is 11.7 Å². The lowest BCUT2D eigenvalue weighted by Gasteiger charge is -2.22. The Morgan fingerprint density at radius 2 is 1.75 bits per heavy atom. The summed E-state index contributed by atoms with van der Waals surface area (Å²) < 4.78 is 38.6. The van der Waals surface area contributed by atoms with Crippen molar-refractivity contribution in [2.24, 2.45) is 0 Å². The summed E-state index contributed by atoms with van der Waals surface area (Å²) in [5.41, 5.74) is 0.472. The van der Waals surface area contributed by atoms with Gasteiger partial charge in [-0.15, -0.1) is 0 Å².